The van der Waals surface area contributed by atoms with Crippen LogP contribution in [0.4, 0.5) is 10.5 Å². The number of hydrogen-bond acceptors (Lipinski definition) is 11. The topological polar surface area (TPSA) is 167 Å². The molecule has 7 atom stereocenters. The van der Waals surface area contributed by atoms with Gasteiger partial charge in [0.05, 0.1) is 50.6 Å². The lowest BCUT2D eigenvalue weighted by Crippen LogP contribution is -2.57. The number of cyclic esters (lactones) is 1. The summed E-state index contributed by atoms with van der Waals surface area (Å²) in [6.07, 6.45) is 4.18. The zero-order chi connectivity index (χ0) is 54.1. The molecule has 11 rings (SSSR count). The van der Waals surface area contributed by atoms with Gasteiger partial charge in [0.25, 0.3) is 0 Å². The summed E-state index contributed by atoms with van der Waals surface area (Å²) in [7, 11) is 3.13. The fourth-order valence-electron chi connectivity index (χ4n) is 12.8. The minimum atomic E-state index is -2.05. The van der Waals surface area contributed by atoms with Crippen molar-refractivity contribution in [2.45, 2.75) is 99.7 Å². The minimum absolute atomic E-state index is 0.0338. The summed E-state index contributed by atoms with van der Waals surface area (Å²) in [6, 6.07) is 40.1. The van der Waals surface area contributed by atoms with Gasteiger partial charge < -0.3 is 39.4 Å². The largest absolute Gasteiger partial charge is 0.493 e. The van der Waals surface area contributed by atoms with Crippen molar-refractivity contribution in [3.63, 3.8) is 0 Å². The first-order valence-electron chi connectivity index (χ1n) is 27.0. The summed E-state index contributed by atoms with van der Waals surface area (Å²) < 4.78 is 24.1. The maximum absolute atomic E-state index is 17.1. The number of esters is 1. The summed E-state index contributed by atoms with van der Waals surface area (Å²) in [5, 5.41) is 24.8. The lowest BCUT2D eigenvalue weighted by atomic mass is 9.64. The Balaban J connectivity index is 1.18. The summed E-state index contributed by atoms with van der Waals surface area (Å²) in [4.78, 5) is 70.0. The van der Waals surface area contributed by atoms with E-state index >= 15 is 19.2 Å². The molecule has 1 saturated carbocycles. The zero-order valence-corrected chi connectivity index (χ0v) is 44.1. The van der Waals surface area contributed by atoms with Crippen molar-refractivity contribution < 1.29 is 48.3 Å². The number of hydrogen-bond donors (Lipinski definition) is 3. The van der Waals surface area contributed by atoms with Gasteiger partial charge in [-0.2, -0.15) is 0 Å². The SMILES string of the molecule is COc1cc2c(cc1OC)CN(C(=O)[C@@H]1[C@H]3C(=O)O[C@H](c4ccccc4)[C@H](c4ccccc4)N3[C@H](c3ccc(OCCO)cc3)[C@@]13C(=O)N(C(=O)N[C@H](C)c1ccccc1)c1ccc(C#CC4(O)CCCCCC4)cc13)CC2. The van der Waals surface area contributed by atoms with E-state index in [1.807, 2.05) is 127 Å². The van der Waals surface area contributed by atoms with Crippen LogP contribution in [0.2, 0.25) is 0 Å². The molecule has 0 bridgehead atoms. The number of nitrogens with one attached hydrogen (secondary N) is 1. The van der Waals surface area contributed by atoms with Crippen molar-refractivity contribution in [3.05, 3.63) is 190 Å². The average molecular weight is 1050 g/mol. The molecule has 0 unspecified atom stereocenters. The molecule has 400 valence electrons. The molecule has 6 aromatic rings. The number of methoxy groups -OCH3 is 2. The van der Waals surface area contributed by atoms with Gasteiger partial charge in [0.2, 0.25) is 11.8 Å². The maximum Gasteiger partial charge on any atom is 0.329 e. The molecule has 78 heavy (non-hydrogen) atoms. The lowest BCUT2D eigenvalue weighted by molar-refractivity contribution is -0.179. The summed E-state index contributed by atoms with van der Waals surface area (Å²) in [5.74, 6) is 4.59. The number of imide groups is 1. The first-order valence-corrected chi connectivity index (χ1v) is 27.0. The van der Waals surface area contributed by atoms with Crippen LogP contribution in [0.15, 0.2) is 146 Å². The number of aliphatic hydroxyl groups excluding tert-OH is 1. The molecule has 5 aliphatic rings. The second kappa shape index (κ2) is 21.8. The number of morpholine rings is 1. The molecular formula is C64H64N4O10. The molecule has 6 aromatic carbocycles. The van der Waals surface area contributed by atoms with Crippen LogP contribution in [-0.4, -0.2) is 89.4 Å². The number of fused-ring (bicyclic) bond motifs is 4. The van der Waals surface area contributed by atoms with Crippen molar-refractivity contribution in [1.82, 2.24) is 15.1 Å². The Labute approximate surface area is 454 Å². The van der Waals surface area contributed by atoms with Gasteiger partial charge in [-0.1, -0.05) is 128 Å². The second-order valence-corrected chi connectivity index (χ2v) is 21.0. The number of anilines is 1. The van der Waals surface area contributed by atoms with Crippen molar-refractivity contribution in [3.8, 4) is 29.1 Å². The maximum atomic E-state index is 17.1. The highest BCUT2D eigenvalue weighted by Crippen LogP contribution is 2.66. The standard InChI is InChI=1S/C64H64N4O10/c1-41(43-17-9-6-10-18-43)65-62(73)67-51-28-23-42(29-33-63(74)31-15-4-5-16-32-63)37-50(51)64(61(67)72)54(59(70)66-34-30-47-38-52(75-2)53(76-3)39-48(47)40-66)56-60(71)78-57(45-21-13-8-14-22-45)55(44-19-11-7-12-20-44)68(56)58(64)46-24-26-49(27-25-46)77-36-35-69/h6-14,17-28,37-39,41,54-58,69,74H,4-5,15-16,30-32,34-36,40H2,1-3H3,(H,65,73)/t41-,54+,55+,56+,57-,58-,64+/m1/s1. The number of amides is 4. The van der Waals surface area contributed by atoms with Gasteiger partial charge in [0, 0.05) is 18.7 Å². The van der Waals surface area contributed by atoms with Crippen LogP contribution in [-0.2, 0) is 37.5 Å². The van der Waals surface area contributed by atoms with E-state index in [0.717, 1.165) is 52.8 Å². The molecule has 1 aliphatic carbocycles. The monoisotopic (exact) mass is 1050 g/mol. The fourth-order valence-corrected chi connectivity index (χ4v) is 12.8. The Hall–Kier alpha value is -7.96. The third-order valence-electron chi connectivity index (χ3n) is 16.5. The number of ether oxygens (including phenoxy) is 4. The van der Waals surface area contributed by atoms with Crippen LogP contribution in [0.3, 0.4) is 0 Å². The third kappa shape index (κ3) is 9.33. The van der Waals surface area contributed by atoms with Crippen molar-refractivity contribution >= 4 is 29.5 Å². The Morgan fingerprint density at radius 1 is 0.769 bits per heavy atom. The average Bonchev–Trinajstić information content (AvgIpc) is 3.21. The van der Waals surface area contributed by atoms with E-state index in [0.29, 0.717) is 58.8 Å². The highest BCUT2D eigenvalue weighted by molar-refractivity contribution is 6.24. The Morgan fingerprint density at radius 2 is 1.41 bits per heavy atom. The van der Waals surface area contributed by atoms with E-state index in [1.54, 1.807) is 49.5 Å². The lowest BCUT2D eigenvalue weighted by Gasteiger charge is -2.46. The summed E-state index contributed by atoms with van der Waals surface area (Å²) >= 11 is 0. The normalized spacial score (nSPS) is 23.6. The predicted octanol–water partition coefficient (Wildman–Crippen LogP) is 9.23. The van der Waals surface area contributed by atoms with E-state index in [4.69, 9.17) is 18.9 Å². The summed E-state index contributed by atoms with van der Waals surface area (Å²) in [5.41, 5.74) is 2.32. The Kier molecular flexibility index (Phi) is 14.6. The molecule has 2 saturated heterocycles. The number of urea groups is 1. The van der Waals surface area contributed by atoms with Gasteiger partial charge in [-0.3, -0.25) is 19.3 Å². The number of aliphatic hydroxyl groups is 2. The van der Waals surface area contributed by atoms with Crippen LogP contribution in [0.25, 0.3) is 0 Å². The van der Waals surface area contributed by atoms with Crippen molar-refractivity contribution in [2.24, 2.45) is 5.92 Å². The molecule has 0 radical (unpaired) electrons. The van der Waals surface area contributed by atoms with Crippen LogP contribution in [0.5, 0.6) is 17.2 Å². The molecule has 3 N–H and O–H groups in total. The van der Waals surface area contributed by atoms with Crippen molar-refractivity contribution in [1.29, 1.82) is 0 Å². The van der Waals surface area contributed by atoms with E-state index < -0.39 is 71.0 Å². The third-order valence-corrected chi connectivity index (χ3v) is 16.5. The van der Waals surface area contributed by atoms with Crippen LogP contribution in [0, 0.1) is 17.8 Å². The first kappa shape index (κ1) is 52.1. The van der Waals surface area contributed by atoms with E-state index in [-0.39, 0.29) is 32.0 Å². The number of carbonyl (C=O) groups excluding carboxylic acids is 4. The number of nitrogens with zero attached hydrogens (tertiary/aromatic N) is 3. The molecule has 0 aromatic heterocycles. The van der Waals surface area contributed by atoms with Gasteiger partial charge >= 0.3 is 12.0 Å². The van der Waals surface area contributed by atoms with Crippen LogP contribution >= 0.6 is 0 Å². The molecule has 4 heterocycles. The highest BCUT2D eigenvalue weighted by atomic mass is 16.6. The molecule has 14 nitrogen and oxygen atoms in total. The van der Waals surface area contributed by atoms with Crippen LogP contribution < -0.4 is 24.4 Å². The number of benzene rings is 6. The van der Waals surface area contributed by atoms with Gasteiger partial charge in [0.1, 0.15) is 35.5 Å². The van der Waals surface area contributed by atoms with E-state index in [9.17, 15) is 10.2 Å². The second-order valence-electron chi connectivity index (χ2n) is 21.0. The van der Waals surface area contributed by atoms with E-state index in [2.05, 4.69) is 17.2 Å². The number of carbonyl (C=O) groups is 4. The van der Waals surface area contributed by atoms with Gasteiger partial charge in [0.15, 0.2) is 11.5 Å². The fraction of sp³-hybridized carbons (Fsp3) is 0.344. The molecule has 3 fully saturated rings. The number of rotatable bonds is 11. The minimum Gasteiger partial charge on any atom is -0.493 e. The van der Waals surface area contributed by atoms with Crippen molar-refractivity contribution in [2.75, 3.05) is 38.9 Å². The molecule has 4 aliphatic heterocycles. The highest BCUT2D eigenvalue weighted by Gasteiger charge is 2.76. The molecule has 14 heteroatoms. The Bertz CT molecular complexity index is 3260. The molecule has 1 spiro atoms. The first-order chi connectivity index (χ1) is 38.0. The van der Waals surface area contributed by atoms with Gasteiger partial charge in [-0.05, 0) is 120 Å². The zero-order valence-electron chi connectivity index (χ0n) is 44.1. The van der Waals surface area contributed by atoms with Gasteiger partial charge in [-0.25, -0.2) is 9.69 Å². The predicted molar refractivity (Wildman–Crippen MR) is 293 cm³/mol. The van der Waals surface area contributed by atoms with Gasteiger partial charge in [-0.15, -0.1) is 0 Å². The van der Waals surface area contributed by atoms with E-state index in [1.165, 1.54) is 0 Å². The quantitative estimate of drug-likeness (QED) is 0.0643. The summed E-state index contributed by atoms with van der Waals surface area (Å²) in [6.45, 7) is 2.01. The van der Waals surface area contributed by atoms with Crippen LogP contribution in [0.1, 0.15) is 114 Å². The molecule has 4 amide bonds. The Morgan fingerprint density at radius 3 is 2.06 bits per heavy atom. The molecular weight excluding hydrogens is 985 g/mol. The smallest absolute Gasteiger partial charge is 0.329 e.